The van der Waals surface area contributed by atoms with Gasteiger partial charge >= 0.3 is 6.16 Å². The molecule has 0 aliphatic rings. The van der Waals surface area contributed by atoms with E-state index in [0.29, 0.717) is 10.8 Å². The van der Waals surface area contributed by atoms with E-state index in [0.717, 1.165) is 5.56 Å². The lowest BCUT2D eigenvalue weighted by Crippen LogP contribution is -2.13. The zero-order chi connectivity index (χ0) is 13.1. The molecule has 1 aromatic carbocycles. The molecule has 0 radical (unpaired) electrons. The molecule has 0 aromatic heterocycles. The van der Waals surface area contributed by atoms with Crippen LogP contribution in [0.2, 0.25) is 5.02 Å². The zero-order valence-corrected chi connectivity index (χ0v) is 11.3. The number of ether oxygens (including phenoxy) is 2. The van der Waals surface area contributed by atoms with Gasteiger partial charge in [-0.1, -0.05) is 38.4 Å². The molecule has 0 amide bonds. The van der Waals surface area contributed by atoms with E-state index in [1.54, 1.807) is 19.1 Å². The normalized spacial score (nSPS) is 11.1. The average molecular weight is 257 g/mol. The third-order valence-electron chi connectivity index (χ3n) is 2.21. The van der Waals surface area contributed by atoms with Gasteiger partial charge in [-0.2, -0.15) is 0 Å². The molecule has 4 heteroatoms. The third kappa shape index (κ3) is 3.93. The van der Waals surface area contributed by atoms with Crippen molar-refractivity contribution < 1.29 is 14.3 Å². The SMILES string of the molecule is CCOC(=O)Oc1ccc(C(C)(C)C)c(Cl)c1. The summed E-state index contributed by atoms with van der Waals surface area (Å²) < 4.78 is 9.64. The van der Waals surface area contributed by atoms with E-state index in [4.69, 9.17) is 16.3 Å². The van der Waals surface area contributed by atoms with Crippen molar-refractivity contribution >= 4 is 17.8 Å². The van der Waals surface area contributed by atoms with Crippen LogP contribution in [-0.2, 0) is 10.2 Å². The molecule has 0 unspecified atom stereocenters. The van der Waals surface area contributed by atoms with Gasteiger partial charge in [0, 0.05) is 5.02 Å². The molecule has 0 saturated heterocycles. The smallest absolute Gasteiger partial charge is 0.434 e. The lowest BCUT2D eigenvalue weighted by atomic mass is 9.87. The summed E-state index contributed by atoms with van der Waals surface area (Å²) in [5.41, 5.74) is 0.967. The highest BCUT2D eigenvalue weighted by Crippen LogP contribution is 2.32. The van der Waals surface area contributed by atoms with E-state index in [2.05, 4.69) is 25.5 Å². The molecule has 0 spiro atoms. The Kier molecular flexibility index (Phi) is 4.40. The molecule has 0 aliphatic carbocycles. The highest BCUT2D eigenvalue weighted by atomic mass is 35.5. The van der Waals surface area contributed by atoms with Crippen LogP contribution in [0.1, 0.15) is 33.3 Å². The number of carbonyl (C=O) groups excluding carboxylic acids is 1. The van der Waals surface area contributed by atoms with Gasteiger partial charge in [-0.3, -0.25) is 0 Å². The molecule has 3 nitrogen and oxygen atoms in total. The van der Waals surface area contributed by atoms with Crippen LogP contribution in [0.5, 0.6) is 5.75 Å². The fourth-order valence-electron chi connectivity index (χ4n) is 1.41. The van der Waals surface area contributed by atoms with Crippen LogP contribution in [0.3, 0.4) is 0 Å². The molecule has 0 atom stereocenters. The molecular weight excluding hydrogens is 240 g/mol. The summed E-state index contributed by atoms with van der Waals surface area (Å²) in [5, 5.41) is 0.583. The number of rotatable bonds is 2. The van der Waals surface area contributed by atoms with Gasteiger partial charge in [0.1, 0.15) is 5.75 Å². The zero-order valence-electron chi connectivity index (χ0n) is 10.5. The maximum atomic E-state index is 11.1. The molecule has 94 valence electrons. The lowest BCUT2D eigenvalue weighted by Gasteiger charge is -2.20. The highest BCUT2D eigenvalue weighted by Gasteiger charge is 2.18. The van der Waals surface area contributed by atoms with E-state index in [-0.39, 0.29) is 12.0 Å². The molecular formula is C13H17ClO3. The molecule has 0 fully saturated rings. The van der Waals surface area contributed by atoms with Crippen molar-refractivity contribution in [2.75, 3.05) is 6.61 Å². The molecule has 0 heterocycles. The summed E-state index contributed by atoms with van der Waals surface area (Å²) in [6.45, 7) is 8.21. The summed E-state index contributed by atoms with van der Waals surface area (Å²) in [7, 11) is 0. The minimum absolute atomic E-state index is 0.0421. The van der Waals surface area contributed by atoms with Crippen molar-refractivity contribution in [3.8, 4) is 5.75 Å². The minimum atomic E-state index is -0.716. The van der Waals surface area contributed by atoms with Crippen molar-refractivity contribution in [3.63, 3.8) is 0 Å². The summed E-state index contributed by atoms with van der Waals surface area (Å²) in [6, 6.07) is 5.19. The van der Waals surface area contributed by atoms with Gasteiger partial charge in [0.2, 0.25) is 0 Å². The fraction of sp³-hybridized carbons (Fsp3) is 0.462. The second-order valence-corrected chi connectivity index (χ2v) is 5.08. The third-order valence-corrected chi connectivity index (χ3v) is 2.52. The molecule has 0 aliphatic heterocycles. The number of hydrogen-bond donors (Lipinski definition) is 0. The van der Waals surface area contributed by atoms with Crippen molar-refractivity contribution in [3.05, 3.63) is 28.8 Å². The van der Waals surface area contributed by atoms with E-state index in [1.807, 2.05) is 6.07 Å². The summed E-state index contributed by atoms with van der Waals surface area (Å²) in [5.74, 6) is 0.390. The van der Waals surface area contributed by atoms with Gasteiger partial charge in [-0.25, -0.2) is 4.79 Å². The Labute approximate surface area is 107 Å². The first-order valence-corrected chi connectivity index (χ1v) is 5.87. The van der Waals surface area contributed by atoms with Crippen LogP contribution in [0.15, 0.2) is 18.2 Å². The molecule has 0 N–H and O–H groups in total. The number of halogens is 1. The van der Waals surface area contributed by atoms with Crippen LogP contribution in [0.4, 0.5) is 4.79 Å². The first-order chi connectivity index (χ1) is 7.84. The van der Waals surface area contributed by atoms with Crippen LogP contribution in [0, 0.1) is 0 Å². The van der Waals surface area contributed by atoms with Gasteiger partial charge in [0.05, 0.1) is 6.61 Å². The minimum Gasteiger partial charge on any atom is -0.434 e. The van der Waals surface area contributed by atoms with E-state index in [9.17, 15) is 4.79 Å². The first kappa shape index (κ1) is 13.8. The van der Waals surface area contributed by atoms with E-state index in [1.165, 1.54) is 0 Å². The monoisotopic (exact) mass is 256 g/mol. The van der Waals surface area contributed by atoms with E-state index >= 15 is 0 Å². The lowest BCUT2D eigenvalue weighted by molar-refractivity contribution is 0.104. The van der Waals surface area contributed by atoms with Crippen LogP contribution in [-0.4, -0.2) is 12.8 Å². The van der Waals surface area contributed by atoms with Gasteiger partial charge < -0.3 is 9.47 Å². The van der Waals surface area contributed by atoms with Crippen molar-refractivity contribution in [1.29, 1.82) is 0 Å². The van der Waals surface area contributed by atoms with Gasteiger partial charge in [0.25, 0.3) is 0 Å². The Morgan fingerprint density at radius 2 is 2.00 bits per heavy atom. The van der Waals surface area contributed by atoms with Crippen molar-refractivity contribution in [2.24, 2.45) is 0 Å². The Morgan fingerprint density at radius 1 is 1.35 bits per heavy atom. The van der Waals surface area contributed by atoms with Gasteiger partial charge in [-0.05, 0) is 30.0 Å². The molecule has 0 bridgehead atoms. The van der Waals surface area contributed by atoms with Crippen LogP contribution < -0.4 is 4.74 Å². The quantitative estimate of drug-likeness (QED) is 0.588. The number of benzene rings is 1. The average Bonchev–Trinajstić information content (AvgIpc) is 2.15. The fourth-order valence-corrected chi connectivity index (χ4v) is 1.87. The number of carbonyl (C=O) groups is 1. The van der Waals surface area contributed by atoms with Crippen LogP contribution >= 0.6 is 11.6 Å². The summed E-state index contributed by atoms with van der Waals surface area (Å²) in [6.07, 6.45) is -0.716. The molecule has 0 saturated carbocycles. The van der Waals surface area contributed by atoms with Gasteiger partial charge in [-0.15, -0.1) is 0 Å². The number of hydrogen-bond acceptors (Lipinski definition) is 3. The predicted molar refractivity (Wildman–Crippen MR) is 67.8 cm³/mol. The highest BCUT2D eigenvalue weighted by molar-refractivity contribution is 6.31. The maximum absolute atomic E-state index is 11.1. The van der Waals surface area contributed by atoms with Crippen molar-refractivity contribution in [1.82, 2.24) is 0 Å². The topological polar surface area (TPSA) is 35.5 Å². The molecule has 1 rings (SSSR count). The molecule has 1 aromatic rings. The molecule has 17 heavy (non-hydrogen) atoms. The van der Waals surface area contributed by atoms with E-state index < -0.39 is 6.16 Å². The Balaban J connectivity index is 2.86. The Bertz CT molecular complexity index is 408. The van der Waals surface area contributed by atoms with Gasteiger partial charge in [0.15, 0.2) is 0 Å². The summed E-state index contributed by atoms with van der Waals surface area (Å²) >= 11 is 6.14. The first-order valence-electron chi connectivity index (χ1n) is 5.49. The maximum Gasteiger partial charge on any atom is 0.513 e. The predicted octanol–water partition coefficient (Wildman–Crippen LogP) is 4.17. The Hall–Kier alpha value is -1.22. The summed E-state index contributed by atoms with van der Waals surface area (Å²) in [4.78, 5) is 11.1. The standard InChI is InChI=1S/C13H17ClO3/c1-5-16-12(15)17-9-6-7-10(11(14)8-9)13(2,3)4/h6-8H,5H2,1-4H3. The Morgan fingerprint density at radius 3 is 2.47 bits per heavy atom. The van der Waals surface area contributed by atoms with Crippen LogP contribution in [0.25, 0.3) is 0 Å². The second kappa shape index (κ2) is 5.41. The second-order valence-electron chi connectivity index (χ2n) is 4.68. The largest absolute Gasteiger partial charge is 0.513 e. The van der Waals surface area contributed by atoms with Crippen molar-refractivity contribution in [2.45, 2.75) is 33.1 Å².